The molecule has 0 unspecified atom stereocenters. The number of hydrogen-bond donors (Lipinski definition) is 1. The van der Waals surface area contributed by atoms with Crippen LogP contribution in [0.4, 0.5) is 5.69 Å². The summed E-state index contributed by atoms with van der Waals surface area (Å²) in [6, 6.07) is 18.1. The largest absolute Gasteiger partial charge is 0.489 e. The molecule has 0 aliphatic heterocycles. The molecule has 0 spiro atoms. The zero-order valence-corrected chi connectivity index (χ0v) is 16.2. The first kappa shape index (κ1) is 19.8. The van der Waals surface area contributed by atoms with Crippen molar-refractivity contribution in [2.75, 3.05) is 11.9 Å². The van der Waals surface area contributed by atoms with Gasteiger partial charge in [-0.05, 0) is 45.4 Å². The van der Waals surface area contributed by atoms with Crippen LogP contribution in [0, 0.1) is 0 Å². The third-order valence-electron chi connectivity index (χ3n) is 4.04. The van der Waals surface area contributed by atoms with Crippen LogP contribution >= 0.6 is 0 Å². The van der Waals surface area contributed by atoms with Crippen molar-refractivity contribution in [1.29, 1.82) is 0 Å². The van der Waals surface area contributed by atoms with Crippen LogP contribution in [-0.4, -0.2) is 29.5 Å². The fourth-order valence-electron chi connectivity index (χ4n) is 2.76. The highest BCUT2D eigenvalue weighted by atomic mass is 16.5. The molecule has 1 N–H and O–H groups in total. The van der Waals surface area contributed by atoms with Crippen molar-refractivity contribution in [3.63, 3.8) is 0 Å². The van der Waals surface area contributed by atoms with Crippen molar-refractivity contribution in [3.8, 4) is 5.75 Å². The van der Waals surface area contributed by atoms with Crippen LogP contribution in [0.2, 0.25) is 0 Å². The van der Waals surface area contributed by atoms with Crippen LogP contribution < -0.4 is 10.1 Å². The van der Waals surface area contributed by atoms with Crippen molar-refractivity contribution in [1.82, 2.24) is 4.90 Å². The van der Waals surface area contributed by atoms with Crippen LogP contribution in [0.3, 0.4) is 0 Å². The topological polar surface area (TPSA) is 41.6 Å². The van der Waals surface area contributed by atoms with Gasteiger partial charge >= 0.3 is 0 Å². The number of para-hydroxylation sites is 2. The molecule has 0 atom stereocenters. The fraction of sp³-hybridized carbons (Fsp3) is 0.409. The van der Waals surface area contributed by atoms with Crippen LogP contribution in [-0.2, 0) is 11.3 Å². The fourth-order valence-corrected chi connectivity index (χ4v) is 2.76. The van der Waals surface area contributed by atoms with Crippen LogP contribution in [0.25, 0.3) is 0 Å². The van der Waals surface area contributed by atoms with E-state index in [0.29, 0.717) is 19.5 Å². The van der Waals surface area contributed by atoms with Gasteiger partial charge in [-0.15, -0.1) is 0 Å². The quantitative estimate of drug-likeness (QED) is 0.709. The first-order valence-corrected chi connectivity index (χ1v) is 9.30. The Morgan fingerprint density at radius 3 is 2.31 bits per heavy atom. The summed E-state index contributed by atoms with van der Waals surface area (Å²) in [5, 5.41) is 3.33. The lowest BCUT2D eigenvalue weighted by Crippen LogP contribution is -2.37. The van der Waals surface area contributed by atoms with E-state index in [9.17, 15) is 4.79 Å². The zero-order valence-electron chi connectivity index (χ0n) is 16.2. The van der Waals surface area contributed by atoms with E-state index in [4.69, 9.17) is 4.74 Å². The van der Waals surface area contributed by atoms with Gasteiger partial charge in [-0.2, -0.15) is 0 Å². The van der Waals surface area contributed by atoms with Crippen molar-refractivity contribution >= 4 is 11.6 Å². The molecule has 0 fully saturated rings. The van der Waals surface area contributed by atoms with Crippen molar-refractivity contribution in [2.24, 2.45) is 0 Å². The van der Waals surface area contributed by atoms with E-state index >= 15 is 0 Å². The molecule has 1 amide bonds. The number of nitrogens with one attached hydrogen (secondary N) is 1. The monoisotopic (exact) mass is 354 g/mol. The molecule has 2 aromatic rings. The van der Waals surface area contributed by atoms with Gasteiger partial charge in [-0.1, -0.05) is 42.5 Å². The minimum Gasteiger partial charge on any atom is -0.489 e. The van der Waals surface area contributed by atoms with E-state index in [1.807, 2.05) is 61.2 Å². The standard InChI is InChI=1S/C22H30N2O2/c1-17(2)24(16-19-10-6-5-7-11-19)22(25)14-15-23-20-12-8-9-13-21(20)26-18(3)4/h5-13,17-18,23H,14-16H2,1-4H3. The molecule has 0 saturated heterocycles. The summed E-state index contributed by atoms with van der Waals surface area (Å²) in [5.41, 5.74) is 2.08. The number of carbonyl (C=O) groups excluding carboxylic acids is 1. The summed E-state index contributed by atoms with van der Waals surface area (Å²) >= 11 is 0. The molecule has 4 nitrogen and oxygen atoms in total. The normalized spacial score (nSPS) is 10.8. The number of carbonyl (C=O) groups is 1. The summed E-state index contributed by atoms with van der Waals surface area (Å²) in [5.74, 6) is 0.971. The van der Waals surface area contributed by atoms with Gasteiger partial charge in [0.1, 0.15) is 5.75 Å². The molecule has 26 heavy (non-hydrogen) atoms. The maximum atomic E-state index is 12.7. The molecule has 2 aromatic carbocycles. The predicted octanol–water partition coefficient (Wildman–Crippen LogP) is 4.71. The maximum Gasteiger partial charge on any atom is 0.224 e. The number of ether oxygens (including phenoxy) is 1. The highest BCUT2D eigenvalue weighted by Gasteiger charge is 2.17. The Morgan fingerprint density at radius 1 is 1.00 bits per heavy atom. The summed E-state index contributed by atoms with van der Waals surface area (Å²) in [4.78, 5) is 14.6. The Labute approximate surface area is 157 Å². The van der Waals surface area contributed by atoms with Crippen LogP contribution in [0.15, 0.2) is 54.6 Å². The average Bonchev–Trinajstić information content (AvgIpc) is 2.61. The molecule has 0 saturated carbocycles. The summed E-state index contributed by atoms with van der Waals surface area (Å²) in [6.07, 6.45) is 0.558. The van der Waals surface area contributed by atoms with E-state index in [1.165, 1.54) is 0 Å². The smallest absolute Gasteiger partial charge is 0.224 e. The molecular formula is C22H30N2O2. The van der Waals surface area contributed by atoms with Crippen molar-refractivity contribution in [2.45, 2.75) is 52.8 Å². The Kier molecular flexibility index (Phi) is 7.52. The second-order valence-electron chi connectivity index (χ2n) is 6.94. The molecule has 4 heteroatoms. The Morgan fingerprint density at radius 2 is 1.65 bits per heavy atom. The van der Waals surface area contributed by atoms with Gasteiger partial charge in [-0.25, -0.2) is 0 Å². The van der Waals surface area contributed by atoms with Crippen LogP contribution in [0.1, 0.15) is 39.7 Å². The molecule has 0 bridgehead atoms. The Bertz CT molecular complexity index is 684. The van der Waals surface area contributed by atoms with Gasteiger partial charge in [0.15, 0.2) is 0 Å². The van der Waals surface area contributed by atoms with E-state index in [2.05, 4.69) is 31.3 Å². The molecule has 140 valence electrons. The lowest BCUT2D eigenvalue weighted by Gasteiger charge is -2.27. The van der Waals surface area contributed by atoms with E-state index in [0.717, 1.165) is 17.0 Å². The molecule has 0 aliphatic rings. The third kappa shape index (κ3) is 6.10. The number of amides is 1. The first-order chi connectivity index (χ1) is 12.5. The van der Waals surface area contributed by atoms with Gasteiger partial charge in [0.05, 0.1) is 11.8 Å². The second-order valence-corrected chi connectivity index (χ2v) is 6.94. The van der Waals surface area contributed by atoms with Gasteiger partial charge in [0, 0.05) is 25.6 Å². The summed E-state index contributed by atoms with van der Waals surface area (Å²) in [7, 11) is 0. The minimum absolute atomic E-state index is 0.113. The summed E-state index contributed by atoms with van der Waals surface area (Å²) < 4.78 is 5.81. The molecule has 0 radical (unpaired) electrons. The van der Waals surface area contributed by atoms with E-state index in [1.54, 1.807) is 0 Å². The SMILES string of the molecule is CC(C)Oc1ccccc1NCCC(=O)N(Cc1ccccc1)C(C)C. The predicted molar refractivity (Wildman–Crippen MR) is 107 cm³/mol. The van der Waals surface area contributed by atoms with Gasteiger partial charge in [-0.3, -0.25) is 4.79 Å². The number of hydrogen-bond acceptors (Lipinski definition) is 3. The van der Waals surface area contributed by atoms with Gasteiger partial charge < -0.3 is 15.0 Å². The number of rotatable bonds is 9. The first-order valence-electron chi connectivity index (χ1n) is 9.30. The number of anilines is 1. The van der Waals surface area contributed by atoms with Crippen LogP contribution in [0.5, 0.6) is 5.75 Å². The second kappa shape index (κ2) is 9.85. The summed E-state index contributed by atoms with van der Waals surface area (Å²) in [6.45, 7) is 9.34. The van der Waals surface area contributed by atoms with Gasteiger partial charge in [0.2, 0.25) is 5.91 Å². The van der Waals surface area contributed by atoms with Crippen molar-refractivity contribution < 1.29 is 9.53 Å². The average molecular weight is 354 g/mol. The van der Waals surface area contributed by atoms with Crippen molar-refractivity contribution in [3.05, 3.63) is 60.2 Å². The molecule has 2 rings (SSSR count). The molecule has 0 heterocycles. The Balaban J connectivity index is 1.92. The Hall–Kier alpha value is -2.49. The van der Waals surface area contributed by atoms with Gasteiger partial charge in [0.25, 0.3) is 0 Å². The van der Waals surface area contributed by atoms with E-state index in [-0.39, 0.29) is 18.1 Å². The lowest BCUT2D eigenvalue weighted by molar-refractivity contribution is -0.133. The lowest BCUT2D eigenvalue weighted by atomic mass is 10.1. The van der Waals surface area contributed by atoms with E-state index < -0.39 is 0 Å². The highest BCUT2D eigenvalue weighted by Crippen LogP contribution is 2.24. The molecular weight excluding hydrogens is 324 g/mol. The maximum absolute atomic E-state index is 12.7. The molecule has 0 aliphatic carbocycles. The highest BCUT2D eigenvalue weighted by molar-refractivity contribution is 5.77. The third-order valence-corrected chi connectivity index (χ3v) is 4.04. The molecule has 0 aromatic heterocycles. The zero-order chi connectivity index (χ0) is 18.9. The minimum atomic E-state index is 0.113. The number of nitrogens with zero attached hydrogens (tertiary/aromatic N) is 1. The number of benzene rings is 2.